The van der Waals surface area contributed by atoms with Gasteiger partial charge in [0.1, 0.15) is 5.82 Å². The predicted molar refractivity (Wildman–Crippen MR) is 151 cm³/mol. The number of halogens is 2. The molecule has 2 aliphatic heterocycles. The van der Waals surface area contributed by atoms with E-state index >= 15 is 0 Å². The third-order valence-electron chi connectivity index (χ3n) is 7.33. The molecular formula is C30H31ClFN3O2S. The van der Waals surface area contributed by atoms with Crippen LogP contribution in [0.4, 0.5) is 10.1 Å². The van der Waals surface area contributed by atoms with Crippen molar-refractivity contribution < 1.29 is 14.0 Å². The van der Waals surface area contributed by atoms with Gasteiger partial charge in [-0.15, -0.1) is 11.8 Å². The van der Waals surface area contributed by atoms with Crippen LogP contribution in [0.3, 0.4) is 0 Å². The summed E-state index contributed by atoms with van der Waals surface area (Å²) in [5.41, 5.74) is 3.97. The lowest BCUT2D eigenvalue weighted by Gasteiger charge is -2.32. The Labute approximate surface area is 232 Å². The minimum Gasteiger partial charge on any atom is -0.352 e. The molecule has 8 heteroatoms. The number of amides is 2. The van der Waals surface area contributed by atoms with Gasteiger partial charge < -0.3 is 10.2 Å². The van der Waals surface area contributed by atoms with Crippen LogP contribution in [0.1, 0.15) is 39.9 Å². The van der Waals surface area contributed by atoms with Crippen molar-refractivity contribution in [3.05, 3.63) is 93.8 Å². The summed E-state index contributed by atoms with van der Waals surface area (Å²) < 4.78 is 14.4. The molecule has 0 bridgehead atoms. The van der Waals surface area contributed by atoms with Gasteiger partial charge in [-0.3, -0.25) is 14.5 Å². The van der Waals surface area contributed by atoms with Gasteiger partial charge in [0.15, 0.2) is 0 Å². The number of fused-ring (bicyclic) bond motifs is 1. The molecule has 3 aromatic carbocycles. The number of aryl methyl sites for hydroxylation is 1. The third-order valence-corrected chi connectivity index (χ3v) is 8.73. The lowest BCUT2D eigenvalue weighted by molar-refractivity contribution is -0.116. The highest BCUT2D eigenvalue weighted by Gasteiger charge is 2.28. The minimum atomic E-state index is -0.455. The Kier molecular flexibility index (Phi) is 8.36. The Bertz CT molecular complexity index is 1310. The SMILES string of the molecule is Cc1ccc(CN2CCC(CNC(=O)c3ccc4c(c3)N(Cc3c(F)cccc3Cl)C(=O)CS4)CC2)cc1. The number of rotatable bonds is 7. The van der Waals surface area contributed by atoms with Gasteiger partial charge in [-0.05, 0) is 74.7 Å². The van der Waals surface area contributed by atoms with Crippen molar-refractivity contribution in [3.63, 3.8) is 0 Å². The van der Waals surface area contributed by atoms with E-state index < -0.39 is 5.82 Å². The minimum absolute atomic E-state index is 0.0180. The summed E-state index contributed by atoms with van der Waals surface area (Å²) in [6.45, 7) is 5.73. The largest absolute Gasteiger partial charge is 0.352 e. The van der Waals surface area contributed by atoms with Crippen LogP contribution in [-0.4, -0.2) is 42.1 Å². The standard InChI is InChI=1S/C30H31ClFN3O2S/c1-20-5-7-22(8-6-20)17-34-13-11-21(12-14-34)16-33-30(37)23-9-10-28-27(15-23)35(29(36)19-38-28)18-24-25(31)3-2-4-26(24)32/h2-10,15,21H,11-14,16-19H2,1H3,(H,33,37). The molecule has 0 spiro atoms. The van der Waals surface area contributed by atoms with E-state index in [1.54, 1.807) is 24.3 Å². The van der Waals surface area contributed by atoms with Gasteiger partial charge in [0.2, 0.25) is 5.91 Å². The van der Waals surface area contributed by atoms with Gasteiger partial charge in [-0.25, -0.2) is 4.39 Å². The number of likely N-dealkylation sites (tertiary alicyclic amines) is 1. The maximum Gasteiger partial charge on any atom is 0.251 e. The molecule has 0 saturated carbocycles. The van der Waals surface area contributed by atoms with Crippen molar-refractivity contribution in [1.82, 2.24) is 10.2 Å². The lowest BCUT2D eigenvalue weighted by Crippen LogP contribution is -2.38. The number of thioether (sulfide) groups is 1. The van der Waals surface area contributed by atoms with Gasteiger partial charge in [-0.2, -0.15) is 0 Å². The molecule has 0 aromatic heterocycles. The summed E-state index contributed by atoms with van der Waals surface area (Å²) in [5, 5.41) is 3.37. The summed E-state index contributed by atoms with van der Waals surface area (Å²) in [7, 11) is 0. The Morgan fingerprint density at radius 3 is 2.58 bits per heavy atom. The molecule has 5 nitrogen and oxygen atoms in total. The molecule has 2 aliphatic rings. The molecule has 3 aromatic rings. The molecule has 5 rings (SSSR count). The Hall–Kier alpha value is -2.87. The van der Waals surface area contributed by atoms with Gasteiger partial charge in [0.05, 0.1) is 18.0 Å². The number of hydrogen-bond acceptors (Lipinski definition) is 4. The van der Waals surface area contributed by atoms with Gasteiger partial charge in [0, 0.05) is 34.1 Å². The molecular weight excluding hydrogens is 521 g/mol. The van der Waals surface area contributed by atoms with E-state index in [9.17, 15) is 14.0 Å². The smallest absolute Gasteiger partial charge is 0.251 e. The number of carbonyl (C=O) groups is 2. The molecule has 198 valence electrons. The average Bonchev–Trinajstić information content (AvgIpc) is 2.92. The summed E-state index contributed by atoms with van der Waals surface area (Å²) in [4.78, 5) is 30.7. The van der Waals surface area contributed by atoms with Crippen LogP contribution < -0.4 is 10.2 Å². The molecule has 38 heavy (non-hydrogen) atoms. The first kappa shape index (κ1) is 26.7. The van der Waals surface area contributed by atoms with Crippen molar-refractivity contribution >= 4 is 40.9 Å². The maximum atomic E-state index is 14.4. The van der Waals surface area contributed by atoms with Crippen LogP contribution in [0.2, 0.25) is 5.02 Å². The van der Waals surface area contributed by atoms with E-state index in [0.717, 1.165) is 37.4 Å². The molecule has 1 N–H and O–H groups in total. The van der Waals surface area contributed by atoms with Crippen LogP contribution >= 0.6 is 23.4 Å². The summed E-state index contributed by atoms with van der Waals surface area (Å²) >= 11 is 7.65. The molecule has 0 atom stereocenters. The highest BCUT2D eigenvalue weighted by atomic mass is 35.5. The predicted octanol–water partition coefficient (Wildman–Crippen LogP) is 6.07. The van der Waals surface area contributed by atoms with Crippen molar-refractivity contribution in [2.75, 3.05) is 30.3 Å². The number of nitrogens with one attached hydrogen (secondary N) is 1. The quantitative estimate of drug-likeness (QED) is 0.387. The van der Waals surface area contributed by atoms with Crippen molar-refractivity contribution in [2.45, 2.75) is 37.8 Å². The third kappa shape index (κ3) is 6.22. The number of nitrogens with zero attached hydrogens (tertiary/aromatic N) is 2. The van der Waals surface area contributed by atoms with Crippen LogP contribution in [0, 0.1) is 18.7 Å². The van der Waals surface area contributed by atoms with Crippen LogP contribution in [-0.2, 0) is 17.9 Å². The zero-order valence-electron chi connectivity index (χ0n) is 21.4. The molecule has 1 saturated heterocycles. The first-order valence-corrected chi connectivity index (χ1v) is 14.3. The average molecular weight is 552 g/mol. The molecule has 0 radical (unpaired) electrons. The molecule has 2 heterocycles. The highest BCUT2D eigenvalue weighted by Crippen LogP contribution is 2.37. The second kappa shape index (κ2) is 11.9. The first-order chi connectivity index (χ1) is 18.4. The van der Waals surface area contributed by atoms with Gasteiger partial charge in [-0.1, -0.05) is 47.5 Å². The van der Waals surface area contributed by atoms with Crippen LogP contribution in [0.25, 0.3) is 0 Å². The number of anilines is 1. The monoisotopic (exact) mass is 551 g/mol. The molecule has 0 aliphatic carbocycles. The number of hydrogen-bond donors (Lipinski definition) is 1. The highest BCUT2D eigenvalue weighted by molar-refractivity contribution is 8.00. The number of benzene rings is 3. The van der Waals surface area contributed by atoms with Crippen LogP contribution in [0.5, 0.6) is 0 Å². The maximum absolute atomic E-state index is 14.4. The lowest BCUT2D eigenvalue weighted by atomic mass is 9.96. The number of piperidine rings is 1. The zero-order valence-corrected chi connectivity index (χ0v) is 23.0. The van der Waals surface area contributed by atoms with Crippen molar-refractivity contribution in [3.8, 4) is 0 Å². The topological polar surface area (TPSA) is 52.7 Å². The fourth-order valence-electron chi connectivity index (χ4n) is 5.00. The fraction of sp³-hybridized carbons (Fsp3) is 0.333. The van der Waals surface area contributed by atoms with Crippen molar-refractivity contribution in [1.29, 1.82) is 0 Å². The summed E-state index contributed by atoms with van der Waals surface area (Å²) in [6.07, 6.45) is 2.08. The number of carbonyl (C=O) groups excluding carboxylic acids is 2. The van der Waals surface area contributed by atoms with E-state index in [-0.39, 0.29) is 34.7 Å². The Balaban J connectivity index is 1.19. The zero-order chi connectivity index (χ0) is 26.6. The fourth-order valence-corrected chi connectivity index (χ4v) is 6.14. The Morgan fingerprint density at radius 1 is 1.08 bits per heavy atom. The van der Waals surface area contributed by atoms with E-state index in [1.165, 1.54) is 33.9 Å². The van der Waals surface area contributed by atoms with Crippen molar-refractivity contribution in [2.24, 2.45) is 5.92 Å². The van der Waals surface area contributed by atoms with Gasteiger partial charge in [0.25, 0.3) is 5.91 Å². The first-order valence-electron chi connectivity index (χ1n) is 12.9. The van der Waals surface area contributed by atoms with E-state index in [2.05, 4.69) is 41.4 Å². The summed E-state index contributed by atoms with van der Waals surface area (Å²) in [5.74, 6) is -0.0714. The molecule has 0 unspecified atom stereocenters. The second-order valence-corrected chi connectivity index (χ2v) is 11.5. The van der Waals surface area contributed by atoms with Gasteiger partial charge >= 0.3 is 0 Å². The molecule has 1 fully saturated rings. The van der Waals surface area contributed by atoms with Crippen LogP contribution in [0.15, 0.2) is 65.6 Å². The normalized spacial score (nSPS) is 16.4. The van der Waals surface area contributed by atoms with E-state index in [4.69, 9.17) is 11.6 Å². The van der Waals surface area contributed by atoms with E-state index in [0.29, 0.717) is 23.7 Å². The summed E-state index contributed by atoms with van der Waals surface area (Å²) in [6, 6.07) is 18.6. The Morgan fingerprint density at radius 2 is 1.84 bits per heavy atom. The van der Waals surface area contributed by atoms with E-state index in [1.807, 2.05) is 6.07 Å². The molecule has 2 amide bonds. The second-order valence-electron chi connectivity index (χ2n) is 10.1.